The molecule has 0 aliphatic carbocycles. The number of nitrogens with zero attached hydrogens (tertiary/aromatic N) is 1. The third-order valence-electron chi connectivity index (χ3n) is 9.66. The first kappa shape index (κ1) is 27.5. The molecule has 0 amide bonds. The van der Waals surface area contributed by atoms with Crippen LogP contribution in [-0.2, 0) is 0 Å². The normalized spacial score (nSPS) is 11.7. The van der Waals surface area contributed by atoms with E-state index in [1.807, 2.05) is 12.1 Å². The lowest BCUT2D eigenvalue weighted by atomic mass is 9.97. The molecular formula is C46H29NO2. The van der Waals surface area contributed by atoms with E-state index in [1.165, 1.54) is 16.5 Å². The average Bonchev–Trinajstić information content (AvgIpc) is 3.74. The highest BCUT2D eigenvalue weighted by Gasteiger charge is 2.19. The Morgan fingerprint density at radius 3 is 1.90 bits per heavy atom. The van der Waals surface area contributed by atoms with Crippen LogP contribution >= 0.6 is 0 Å². The SMILES string of the molecule is c1ccc(-c2ccc(N(c3cccc(-c4cccc5oc6c7ccccc7ccc6c45)c3)c3ccc4c(c3)oc3ccccc34)cc2)cc1. The molecule has 10 aromatic rings. The Hall–Kier alpha value is -6.58. The fourth-order valence-corrected chi connectivity index (χ4v) is 7.34. The van der Waals surface area contributed by atoms with Crippen LogP contribution in [0, 0.1) is 0 Å². The van der Waals surface area contributed by atoms with Gasteiger partial charge in [0.25, 0.3) is 0 Å². The summed E-state index contributed by atoms with van der Waals surface area (Å²) in [5.74, 6) is 0. The lowest BCUT2D eigenvalue weighted by Crippen LogP contribution is -2.10. The zero-order valence-electron chi connectivity index (χ0n) is 26.5. The molecule has 3 nitrogen and oxygen atoms in total. The maximum Gasteiger partial charge on any atom is 0.143 e. The second-order valence-electron chi connectivity index (χ2n) is 12.5. The summed E-state index contributed by atoms with van der Waals surface area (Å²) < 4.78 is 12.9. The maximum atomic E-state index is 6.54. The van der Waals surface area contributed by atoms with Gasteiger partial charge in [-0.05, 0) is 82.2 Å². The Bertz CT molecular complexity index is 2830. The fourth-order valence-electron chi connectivity index (χ4n) is 7.34. The predicted molar refractivity (Wildman–Crippen MR) is 204 cm³/mol. The van der Waals surface area contributed by atoms with Gasteiger partial charge in [-0.25, -0.2) is 0 Å². The fraction of sp³-hybridized carbons (Fsp3) is 0. The van der Waals surface area contributed by atoms with Crippen molar-refractivity contribution >= 4 is 71.7 Å². The molecule has 0 atom stereocenters. The molecule has 0 fully saturated rings. The Balaban J connectivity index is 1.15. The molecule has 2 aromatic heterocycles. The van der Waals surface area contributed by atoms with Crippen LogP contribution in [0.15, 0.2) is 185 Å². The van der Waals surface area contributed by atoms with Gasteiger partial charge < -0.3 is 13.7 Å². The van der Waals surface area contributed by atoms with Gasteiger partial charge in [-0.3, -0.25) is 0 Å². The van der Waals surface area contributed by atoms with E-state index in [2.05, 4.69) is 169 Å². The largest absolute Gasteiger partial charge is 0.456 e. The van der Waals surface area contributed by atoms with Gasteiger partial charge in [0.2, 0.25) is 0 Å². The molecule has 8 aromatic carbocycles. The Morgan fingerprint density at radius 1 is 0.347 bits per heavy atom. The minimum absolute atomic E-state index is 0.864. The number of anilines is 3. The standard InChI is InChI=1S/C46H29NO2/c1-2-10-30(11-3-1)31-20-23-34(24-21-31)47(36-25-27-40-39-16-6-7-18-42(39)48-44(40)29-36)35-14-8-13-33(28-35)37-17-9-19-43-45(37)41-26-22-32-12-4-5-15-38(32)46(41)49-43/h1-29H. The van der Waals surface area contributed by atoms with Gasteiger partial charge in [-0.2, -0.15) is 0 Å². The zero-order valence-corrected chi connectivity index (χ0v) is 26.5. The van der Waals surface area contributed by atoms with Crippen molar-refractivity contribution in [3.8, 4) is 22.3 Å². The van der Waals surface area contributed by atoms with E-state index in [4.69, 9.17) is 8.83 Å². The van der Waals surface area contributed by atoms with Crippen LogP contribution < -0.4 is 4.90 Å². The number of rotatable bonds is 5. The molecule has 3 heteroatoms. The van der Waals surface area contributed by atoms with E-state index in [9.17, 15) is 0 Å². The first-order chi connectivity index (χ1) is 24.3. The minimum Gasteiger partial charge on any atom is -0.456 e. The van der Waals surface area contributed by atoms with Crippen molar-refractivity contribution in [2.45, 2.75) is 0 Å². The summed E-state index contributed by atoms with van der Waals surface area (Å²) in [5.41, 5.74) is 11.3. The van der Waals surface area contributed by atoms with Gasteiger partial charge in [0.05, 0.1) is 0 Å². The van der Waals surface area contributed by atoms with Crippen LogP contribution in [0.3, 0.4) is 0 Å². The van der Waals surface area contributed by atoms with Crippen molar-refractivity contribution in [1.82, 2.24) is 0 Å². The second kappa shape index (κ2) is 11.0. The van der Waals surface area contributed by atoms with Crippen molar-refractivity contribution in [1.29, 1.82) is 0 Å². The van der Waals surface area contributed by atoms with Gasteiger partial charge >= 0.3 is 0 Å². The minimum atomic E-state index is 0.864. The van der Waals surface area contributed by atoms with Crippen molar-refractivity contribution in [3.05, 3.63) is 176 Å². The van der Waals surface area contributed by atoms with Crippen molar-refractivity contribution in [2.75, 3.05) is 4.90 Å². The molecule has 230 valence electrons. The van der Waals surface area contributed by atoms with Crippen molar-refractivity contribution in [2.24, 2.45) is 0 Å². The summed E-state index contributed by atoms with van der Waals surface area (Å²) in [5, 5.41) is 6.78. The van der Waals surface area contributed by atoms with Gasteiger partial charge in [-0.1, -0.05) is 115 Å². The third kappa shape index (κ3) is 4.51. The van der Waals surface area contributed by atoms with E-state index in [0.29, 0.717) is 0 Å². The topological polar surface area (TPSA) is 29.5 Å². The molecule has 0 unspecified atom stereocenters. The molecule has 2 heterocycles. The van der Waals surface area contributed by atoms with E-state index in [-0.39, 0.29) is 0 Å². The molecule has 0 saturated heterocycles. The molecular weight excluding hydrogens is 599 g/mol. The first-order valence-electron chi connectivity index (χ1n) is 16.6. The smallest absolute Gasteiger partial charge is 0.143 e. The van der Waals surface area contributed by atoms with Crippen molar-refractivity contribution < 1.29 is 8.83 Å². The lowest BCUT2D eigenvalue weighted by Gasteiger charge is -2.26. The molecule has 0 bridgehead atoms. The molecule has 0 radical (unpaired) electrons. The van der Waals surface area contributed by atoms with E-state index in [1.54, 1.807) is 0 Å². The summed E-state index contributed by atoms with van der Waals surface area (Å²) >= 11 is 0. The molecule has 0 N–H and O–H groups in total. The molecule has 0 spiro atoms. The lowest BCUT2D eigenvalue weighted by molar-refractivity contribution is 0.669. The molecule has 0 aliphatic heterocycles. The van der Waals surface area contributed by atoms with Gasteiger partial charge in [0.1, 0.15) is 22.3 Å². The highest BCUT2D eigenvalue weighted by molar-refractivity contribution is 6.19. The molecule has 10 rings (SSSR count). The molecule has 0 aliphatic rings. The zero-order chi connectivity index (χ0) is 32.3. The molecule has 49 heavy (non-hydrogen) atoms. The highest BCUT2D eigenvalue weighted by atomic mass is 16.3. The Labute approximate surface area is 282 Å². The predicted octanol–water partition coefficient (Wildman–Crippen LogP) is 13.4. The Kier molecular flexibility index (Phi) is 6.18. The number of hydrogen-bond acceptors (Lipinski definition) is 3. The molecule has 0 saturated carbocycles. The van der Waals surface area contributed by atoms with Crippen LogP contribution in [0.1, 0.15) is 0 Å². The quantitative estimate of drug-likeness (QED) is 0.190. The van der Waals surface area contributed by atoms with E-state index < -0.39 is 0 Å². The van der Waals surface area contributed by atoms with E-state index >= 15 is 0 Å². The number of benzene rings is 8. The third-order valence-corrected chi connectivity index (χ3v) is 9.66. The summed E-state index contributed by atoms with van der Waals surface area (Å²) in [6.45, 7) is 0. The number of para-hydroxylation sites is 1. The Morgan fingerprint density at radius 2 is 1.00 bits per heavy atom. The van der Waals surface area contributed by atoms with Crippen LogP contribution in [0.4, 0.5) is 17.1 Å². The van der Waals surface area contributed by atoms with E-state index in [0.717, 1.165) is 77.5 Å². The summed E-state index contributed by atoms with van der Waals surface area (Å²) in [6, 6.07) is 62.0. The van der Waals surface area contributed by atoms with Gasteiger partial charge in [0.15, 0.2) is 0 Å². The van der Waals surface area contributed by atoms with Crippen LogP contribution in [0.5, 0.6) is 0 Å². The first-order valence-corrected chi connectivity index (χ1v) is 16.6. The van der Waals surface area contributed by atoms with Crippen LogP contribution in [0.25, 0.3) is 76.9 Å². The van der Waals surface area contributed by atoms with Gasteiger partial charge in [0, 0.05) is 50.1 Å². The monoisotopic (exact) mass is 627 g/mol. The van der Waals surface area contributed by atoms with Crippen molar-refractivity contribution in [3.63, 3.8) is 0 Å². The summed E-state index contributed by atoms with van der Waals surface area (Å²) in [6.07, 6.45) is 0. The second-order valence-corrected chi connectivity index (χ2v) is 12.5. The highest BCUT2D eigenvalue weighted by Crippen LogP contribution is 2.43. The number of hydrogen-bond donors (Lipinski definition) is 0. The average molecular weight is 628 g/mol. The number of fused-ring (bicyclic) bond motifs is 8. The summed E-state index contributed by atoms with van der Waals surface area (Å²) in [4.78, 5) is 2.31. The maximum absolute atomic E-state index is 6.54. The van der Waals surface area contributed by atoms with Crippen LogP contribution in [-0.4, -0.2) is 0 Å². The summed E-state index contributed by atoms with van der Waals surface area (Å²) in [7, 11) is 0. The number of furan rings is 2. The van der Waals surface area contributed by atoms with Gasteiger partial charge in [-0.15, -0.1) is 0 Å². The van der Waals surface area contributed by atoms with Crippen LogP contribution in [0.2, 0.25) is 0 Å².